The minimum atomic E-state index is -1.83. The predicted molar refractivity (Wildman–Crippen MR) is 30.6 cm³/mol. The second-order valence-corrected chi connectivity index (χ2v) is 1.52. The normalized spacial score (nSPS) is 7.11. The van der Waals surface area contributed by atoms with Crippen molar-refractivity contribution in [2.45, 2.75) is 0 Å². The highest BCUT2D eigenvalue weighted by molar-refractivity contribution is 7.03. The summed E-state index contributed by atoms with van der Waals surface area (Å²) in [7, 11) is 0. The van der Waals surface area contributed by atoms with Gasteiger partial charge in [-0.3, -0.25) is 0 Å². The van der Waals surface area contributed by atoms with Crippen molar-refractivity contribution in [3.8, 4) is 0 Å². The Bertz CT molecular complexity index is 131. The van der Waals surface area contributed by atoms with E-state index in [2.05, 4.69) is 9.59 Å². The van der Waals surface area contributed by atoms with Crippen LogP contribution in [0, 0.1) is 0 Å². The van der Waals surface area contributed by atoms with Crippen molar-refractivity contribution in [2.75, 3.05) is 0 Å². The van der Waals surface area contributed by atoms with E-state index in [9.17, 15) is 0 Å². The van der Waals surface area contributed by atoms with E-state index in [0.29, 0.717) is 0 Å². The summed E-state index contributed by atoms with van der Waals surface area (Å²) in [5.74, 6) is 0. The van der Waals surface area contributed by atoms with Crippen LogP contribution in [0.4, 0.5) is 4.79 Å². The van der Waals surface area contributed by atoms with Crippen molar-refractivity contribution in [3.63, 3.8) is 0 Å². The van der Waals surface area contributed by atoms with Crippen molar-refractivity contribution in [2.24, 2.45) is 0 Å². The molecule has 0 saturated heterocycles. The summed E-state index contributed by atoms with van der Waals surface area (Å²) in [4.78, 5) is 8.56. The number of carbonyl (C=O) groups is 1. The van der Waals surface area contributed by atoms with Crippen LogP contribution in [0.3, 0.4) is 0 Å². The van der Waals surface area contributed by atoms with Gasteiger partial charge in [0.25, 0.3) is 0 Å². The first-order valence-corrected chi connectivity index (χ1v) is 2.70. The molecule has 0 aromatic carbocycles. The molecule has 0 fully saturated rings. The smallest absolute Gasteiger partial charge is 0.450 e. The van der Waals surface area contributed by atoms with E-state index >= 15 is 0 Å². The molecular formula is C3H4N2O3S. The number of hydrogen-bond donors (Lipinski definition) is 2. The molecule has 0 amide bonds. The zero-order valence-corrected chi connectivity index (χ0v) is 5.08. The molecule has 0 bridgehead atoms. The topological polar surface area (TPSA) is 83.3 Å². The summed E-state index contributed by atoms with van der Waals surface area (Å²) in [5, 5.41) is 19.3. The van der Waals surface area contributed by atoms with Crippen LogP contribution in [0.25, 0.3) is 0 Å². The number of nitrogens with zero attached hydrogens (tertiary/aromatic N) is 2. The maximum Gasteiger partial charge on any atom is 0.503 e. The maximum absolute atomic E-state index is 8.56. The van der Waals surface area contributed by atoms with Gasteiger partial charge in [-0.05, 0) is 11.5 Å². The first-order valence-electron chi connectivity index (χ1n) is 1.86. The summed E-state index contributed by atoms with van der Waals surface area (Å²) in [5.41, 5.74) is 0. The summed E-state index contributed by atoms with van der Waals surface area (Å²) in [6, 6.07) is 0. The molecule has 1 aromatic heterocycles. The Morgan fingerprint density at radius 3 is 2.22 bits per heavy atom. The van der Waals surface area contributed by atoms with Gasteiger partial charge in [0.2, 0.25) is 0 Å². The minimum absolute atomic E-state index is 1.35. The zero-order chi connectivity index (χ0) is 7.11. The fourth-order valence-corrected chi connectivity index (χ4v) is 0.408. The van der Waals surface area contributed by atoms with E-state index in [-0.39, 0.29) is 0 Å². The van der Waals surface area contributed by atoms with Crippen LogP contribution in [0.2, 0.25) is 0 Å². The molecule has 0 aliphatic heterocycles. The number of carboxylic acid groups (broad SMARTS) is 2. The number of hydrogen-bond acceptors (Lipinski definition) is 4. The molecule has 1 heterocycles. The van der Waals surface area contributed by atoms with E-state index in [1.165, 1.54) is 11.5 Å². The molecule has 0 aliphatic rings. The Morgan fingerprint density at radius 1 is 1.56 bits per heavy atom. The van der Waals surface area contributed by atoms with Crippen LogP contribution in [0.5, 0.6) is 0 Å². The molecule has 0 radical (unpaired) electrons. The largest absolute Gasteiger partial charge is 0.503 e. The van der Waals surface area contributed by atoms with E-state index < -0.39 is 6.16 Å². The Hall–Kier alpha value is -1.17. The van der Waals surface area contributed by atoms with E-state index in [1.807, 2.05) is 5.38 Å². The molecule has 0 saturated carbocycles. The second kappa shape index (κ2) is 4.98. The Kier molecular flexibility index (Phi) is 4.33. The van der Waals surface area contributed by atoms with Gasteiger partial charge < -0.3 is 10.2 Å². The fraction of sp³-hybridized carbons (Fsp3) is 0. The lowest BCUT2D eigenvalue weighted by atomic mass is 11.1. The third-order valence-corrected chi connectivity index (χ3v) is 0.715. The van der Waals surface area contributed by atoms with Gasteiger partial charge in [-0.25, -0.2) is 4.79 Å². The molecule has 1 aromatic rings. The van der Waals surface area contributed by atoms with Gasteiger partial charge in [0.15, 0.2) is 0 Å². The average Bonchev–Trinajstić information content (AvgIpc) is 2.11. The van der Waals surface area contributed by atoms with Gasteiger partial charge in [-0.15, -0.1) is 5.10 Å². The molecule has 1 rings (SSSR count). The molecule has 2 N–H and O–H groups in total. The van der Waals surface area contributed by atoms with E-state index in [1.54, 1.807) is 6.20 Å². The molecule has 5 nitrogen and oxygen atoms in total. The Morgan fingerprint density at radius 2 is 2.11 bits per heavy atom. The fourth-order valence-electron chi connectivity index (χ4n) is 0.136. The van der Waals surface area contributed by atoms with Crippen LogP contribution in [-0.4, -0.2) is 26.0 Å². The lowest BCUT2D eigenvalue weighted by Crippen LogP contribution is -1.81. The molecule has 0 spiro atoms. The SMILES string of the molecule is O=C(O)O.c1csnn1. The summed E-state index contributed by atoms with van der Waals surface area (Å²) >= 11 is 1.35. The van der Waals surface area contributed by atoms with Gasteiger partial charge >= 0.3 is 6.16 Å². The van der Waals surface area contributed by atoms with Crippen molar-refractivity contribution < 1.29 is 15.0 Å². The molecular weight excluding hydrogens is 144 g/mol. The van der Waals surface area contributed by atoms with Gasteiger partial charge in [0, 0.05) is 5.38 Å². The monoisotopic (exact) mass is 148 g/mol. The number of aromatic nitrogens is 2. The maximum atomic E-state index is 8.56. The highest BCUT2D eigenvalue weighted by Crippen LogP contribution is 1.78. The summed E-state index contributed by atoms with van der Waals surface area (Å²) < 4.78 is 3.51. The summed E-state index contributed by atoms with van der Waals surface area (Å²) in [6.45, 7) is 0. The van der Waals surface area contributed by atoms with Crippen LogP contribution < -0.4 is 0 Å². The molecule has 50 valence electrons. The van der Waals surface area contributed by atoms with Crippen molar-refractivity contribution in [1.29, 1.82) is 0 Å². The highest BCUT2D eigenvalue weighted by Gasteiger charge is 1.70. The molecule has 9 heavy (non-hydrogen) atoms. The highest BCUT2D eigenvalue weighted by atomic mass is 32.1. The van der Waals surface area contributed by atoms with E-state index in [4.69, 9.17) is 15.0 Å². The van der Waals surface area contributed by atoms with Crippen LogP contribution >= 0.6 is 11.5 Å². The third kappa shape index (κ3) is 10.9. The van der Waals surface area contributed by atoms with Gasteiger partial charge in [0.1, 0.15) is 0 Å². The minimum Gasteiger partial charge on any atom is -0.450 e. The van der Waals surface area contributed by atoms with Crippen LogP contribution in [0.15, 0.2) is 11.6 Å². The molecule has 0 aliphatic carbocycles. The van der Waals surface area contributed by atoms with Crippen molar-refractivity contribution in [3.05, 3.63) is 11.6 Å². The van der Waals surface area contributed by atoms with E-state index in [0.717, 1.165) is 0 Å². The van der Waals surface area contributed by atoms with Crippen LogP contribution in [-0.2, 0) is 0 Å². The van der Waals surface area contributed by atoms with Crippen LogP contribution in [0.1, 0.15) is 0 Å². The second-order valence-electron chi connectivity index (χ2n) is 0.870. The molecule has 0 unspecified atom stereocenters. The van der Waals surface area contributed by atoms with Gasteiger partial charge in [-0.1, -0.05) is 4.49 Å². The number of rotatable bonds is 0. The average molecular weight is 148 g/mol. The third-order valence-electron chi connectivity index (χ3n) is 0.283. The van der Waals surface area contributed by atoms with Crippen molar-refractivity contribution in [1.82, 2.24) is 9.59 Å². The first-order chi connectivity index (χ1) is 4.23. The lowest BCUT2D eigenvalue weighted by molar-refractivity contribution is 0.137. The van der Waals surface area contributed by atoms with Crippen molar-refractivity contribution >= 4 is 17.7 Å². The predicted octanol–water partition coefficient (Wildman–Crippen LogP) is 0.760. The zero-order valence-electron chi connectivity index (χ0n) is 4.26. The first kappa shape index (κ1) is 7.83. The molecule has 6 heteroatoms. The van der Waals surface area contributed by atoms with Gasteiger partial charge in [0.05, 0.1) is 6.20 Å². The summed E-state index contributed by atoms with van der Waals surface area (Å²) in [6.07, 6.45) is -0.176. The molecule has 0 atom stereocenters. The Balaban J connectivity index is 0.000000148. The Labute approximate surface area is 54.7 Å². The standard InChI is InChI=1S/C2H2N2S.CH2O3/c1-2-5-4-3-1;2-1(3)4/h1-2H;(H2,2,3,4). The quantitative estimate of drug-likeness (QED) is 0.567. The lowest BCUT2D eigenvalue weighted by Gasteiger charge is -1.60. The van der Waals surface area contributed by atoms with Gasteiger partial charge in [-0.2, -0.15) is 0 Å².